The van der Waals surface area contributed by atoms with Crippen LogP contribution in [-0.2, 0) is 25.1 Å². The molecule has 0 aliphatic carbocycles. The van der Waals surface area contributed by atoms with Crippen LogP contribution in [0.25, 0.3) is 11.5 Å². The number of hydrogen-bond donors (Lipinski definition) is 2. The smallest absolute Gasteiger partial charge is 0.318 e. The van der Waals surface area contributed by atoms with Crippen LogP contribution in [0.5, 0.6) is 0 Å². The number of aromatic nitrogens is 2. The number of carbonyl (C=O) groups excluding carboxylic acids is 3. The van der Waals surface area contributed by atoms with Crippen LogP contribution in [0.4, 0.5) is 4.79 Å². The number of benzene rings is 2. The number of sulfone groups is 1. The summed E-state index contributed by atoms with van der Waals surface area (Å²) >= 11 is 0. The van der Waals surface area contributed by atoms with Crippen molar-refractivity contribution in [2.75, 3.05) is 32.1 Å². The molecular weight excluding hydrogens is 562 g/mol. The summed E-state index contributed by atoms with van der Waals surface area (Å²) in [5, 5.41) is 13.1. The summed E-state index contributed by atoms with van der Waals surface area (Å²) < 4.78 is 37.2. The minimum absolute atomic E-state index is 0.155. The number of nitrogens with zero attached hydrogens (tertiary/aromatic N) is 3. The molecular formula is C29H35N5O7S. The van der Waals surface area contributed by atoms with Gasteiger partial charge >= 0.3 is 6.03 Å². The summed E-state index contributed by atoms with van der Waals surface area (Å²) in [5.74, 6) is -2.49. The van der Waals surface area contributed by atoms with Crippen molar-refractivity contribution in [2.45, 2.75) is 44.0 Å². The van der Waals surface area contributed by atoms with Gasteiger partial charge in [0.15, 0.2) is 9.84 Å². The average Bonchev–Trinajstić information content (AvgIpc) is 3.50. The molecule has 1 aromatic heterocycles. The van der Waals surface area contributed by atoms with Crippen LogP contribution in [0.1, 0.15) is 42.4 Å². The Kier molecular flexibility index (Phi) is 10.8. The molecule has 42 heavy (non-hydrogen) atoms. The van der Waals surface area contributed by atoms with E-state index in [-0.39, 0.29) is 24.0 Å². The van der Waals surface area contributed by atoms with Crippen LogP contribution in [-0.4, -0.2) is 85.4 Å². The van der Waals surface area contributed by atoms with E-state index >= 15 is 0 Å². The number of nitrogens with one attached hydrogen (secondary N) is 2. The molecule has 0 saturated carbocycles. The fourth-order valence-corrected chi connectivity index (χ4v) is 6.01. The van der Waals surface area contributed by atoms with Crippen molar-refractivity contribution in [1.29, 1.82) is 0 Å². The lowest BCUT2D eigenvalue weighted by Crippen LogP contribution is -2.57. The van der Waals surface area contributed by atoms with Crippen LogP contribution < -0.4 is 10.6 Å². The first-order chi connectivity index (χ1) is 20.3. The van der Waals surface area contributed by atoms with Gasteiger partial charge in [0, 0.05) is 18.7 Å². The molecule has 2 atom stereocenters. The van der Waals surface area contributed by atoms with Crippen LogP contribution in [0.3, 0.4) is 0 Å². The first-order valence-electron chi connectivity index (χ1n) is 13.9. The van der Waals surface area contributed by atoms with Crippen molar-refractivity contribution in [3.05, 3.63) is 72.1 Å². The summed E-state index contributed by atoms with van der Waals surface area (Å²) in [6.45, 7) is 3.20. The van der Waals surface area contributed by atoms with Gasteiger partial charge in [0.05, 0.1) is 30.8 Å². The van der Waals surface area contributed by atoms with Crippen LogP contribution in [0.2, 0.25) is 0 Å². The highest BCUT2D eigenvalue weighted by Crippen LogP contribution is 2.19. The number of amides is 3. The van der Waals surface area contributed by atoms with Gasteiger partial charge in [-0.1, -0.05) is 68.3 Å². The molecule has 0 radical (unpaired) electrons. The number of hydrogen-bond acceptors (Lipinski definition) is 9. The normalized spacial score (nSPS) is 15.0. The van der Waals surface area contributed by atoms with E-state index in [1.807, 2.05) is 13.0 Å². The number of ether oxygens (including phenoxy) is 1. The molecule has 3 aromatic rings. The van der Waals surface area contributed by atoms with Crippen LogP contribution in [0.15, 0.2) is 65.1 Å². The molecule has 0 bridgehead atoms. The van der Waals surface area contributed by atoms with E-state index in [2.05, 4.69) is 20.8 Å². The van der Waals surface area contributed by atoms with Crippen molar-refractivity contribution in [1.82, 2.24) is 25.7 Å². The predicted octanol–water partition coefficient (Wildman–Crippen LogP) is 2.62. The lowest BCUT2D eigenvalue weighted by atomic mass is 10.0. The summed E-state index contributed by atoms with van der Waals surface area (Å²) in [5.41, 5.74) is 1.19. The van der Waals surface area contributed by atoms with E-state index in [4.69, 9.17) is 9.15 Å². The van der Waals surface area contributed by atoms with Crippen molar-refractivity contribution in [3.63, 3.8) is 0 Å². The van der Waals surface area contributed by atoms with E-state index in [0.29, 0.717) is 43.9 Å². The maximum Gasteiger partial charge on any atom is 0.318 e. The summed E-state index contributed by atoms with van der Waals surface area (Å²) in [4.78, 5) is 41.4. The third-order valence-corrected chi connectivity index (χ3v) is 8.31. The Morgan fingerprint density at radius 3 is 2.26 bits per heavy atom. The highest BCUT2D eigenvalue weighted by molar-refractivity contribution is 7.90. The summed E-state index contributed by atoms with van der Waals surface area (Å²) in [7, 11) is -3.85. The minimum Gasteiger partial charge on any atom is -0.414 e. The number of Topliss-reactive ketones (excluding diaryl/α,β-unsaturated/α-hetero) is 1. The quantitative estimate of drug-likeness (QED) is 0.282. The Hall–Kier alpha value is -4.10. The molecule has 2 aromatic carbocycles. The number of morpholine rings is 1. The van der Waals surface area contributed by atoms with E-state index in [1.165, 1.54) is 4.90 Å². The number of ketones is 1. The van der Waals surface area contributed by atoms with E-state index in [9.17, 15) is 22.8 Å². The standard InChI is InChI=1S/C29H35N5O7S/c1-2-3-14-23(25(35)28-33-32-27(41-28)22-12-8-5-9-13-22)30-26(36)24(31-29(37)34-15-17-40-18-16-34)20-42(38,39)19-21-10-6-4-7-11-21/h4-13,23-24H,2-3,14-20H2,1H3,(H,30,36)(H,31,37)/t23-,24?/m1/s1. The van der Waals surface area contributed by atoms with Crippen molar-refractivity contribution >= 4 is 27.6 Å². The van der Waals surface area contributed by atoms with Crippen molar-refractivity contribution < 1.29 is 32.0 Å². The Labute approximate surface area is 244 Å². The predicted molar refractivity (Wildman–Crippen MR) is 154 cm³/mol. The maximum atomic E-state index is 13.6. The zero-order chi connectivity index (χ0) is 30.0. The second-order valence-corrected chi connectivity index (χ2v) is 12.1. The zero-order valence-electron chi connectivity index (χ0n) is 23.4. The van der Waals surface area contributed by atoms with Gasteiger partial charge < -0.3 is 24.7 Å². The Bertz CT molecular complexity index is 1440. The summed E-state index contributed by atoms with van der Waals surface area (Å²) in [6, 6.07) is 14.4. The molecule has 1 aliphatic heterocycles. The molecule has 12 nitrogen and oxygen atoms in total. The Morgan fingerprint density at radius 1 is 0.929 bits per heavy atom. The fraction of sp³-hybridized carbons (Fsp3) is 0.414. The number of urea groups is 1. The average molecular weight is 598 g/mol. The highest BCUT2D eigenvalue weighted by atomic mass is 32.2. The third-order valence-electron chi connectivity index (χ3n) is 6.70. The molecule has 3 amide bonds. The highest BCUT2D eigenvalue weighted by Gasteiger charge is 2.33. The van der Waals surface area contributed by atoms with Gasteiger partial charge in [-0.3, -0.25) is 9.59 Å². The van der Waals surface area contributed by atoms with Gasteiger partial charge in [-0.25, -0.2) is 13.2 Å². The molecule has 1 fully saturated rings. The molecule has 2 N–H and O–H groups in total. The first-order valence-corrected chi connectivity index (χ1v) is 15.7. The SMILES string of the molecule is CCCC[C@@H](NC(=O)C(CS(=O)(=O)Cc1ccccc1)NC(=O)N1CCOCC1)C(=O)c1nnc(-c2ccccc2)o1. The lowest BCUT2D eigenvalue weighted by Gasteiger charge is -2.29. The molecule has 224 valence electrons. The van der Waals surface area contributed by atoms with E-state index < -0.39 is 45.4 Å². The maximum absolute atomic E-state index is 13.6. The van der Waals surface area contributed by atoms with E-state index in [0.717, 1.165) is 6.42 Å². The lowest BCUT2D eigenvalue weighted by molar-refractivity contribution is -0.123. The van der Waals surface area contributed by atoms with Gasteiger partial charge in [0.2, 0.25) is 17.6 Å². The van der Waals surface area contributed by atoms with Crippen LogP contribution >= 0.6 is 0 Å². The van der Waals surface area contributed by atoms with Crippen molar-refractivity contribution in [3.8, 4) is 11.5 Å². The second-order valence-electron chi connectivity index (χ2n) is 9.99. The fourth-order valence-electron chi connectivity index (χ4n) is 4.45. The molecule has 2 heterocycles. The molecule has 0 spiro atoms. The van der Waals surface area contributed by atoms with E-state index in [1.54, 1.807) is 54.6 Å². The van der Waals surface area contributed by atoms with Gasteiger partial charge in [0.1, 0.15) is 6.04 Å². The zero-order valence-corrected chi connectivity index (χ0v) is 24.2. The molecule has 4 rings (SSSR count). The molecule has 1 aliphatic rings. The molecule has 1 unspecified atom stereocenters. The number of carbonyl (C=O) groups is 3. The second kappa shape index (κ2) is 14.7. The largest absolute Gasteiger partial charge is 0.414 e. The molecule has 1 saturated heterocycles. The van der Waals surface area contributed by atoms with Gasteiger partial charge in [-0.15, -0.1) is 10.2 Å². The Morgan fingerprint density at radius 2 is 1.60 bits per heavy atom. The Balaban J connectivity index is 1.53. The van der Waals surface area contributed by atoms with Crippen LogP contribution in [0, 0.1) is 0 Å². The van der Waals surface area contributed by atoms with Crippen molar-refractivity contribution in [2.24, 2.45) is 0 Å². The molecule has 13 heteroatoms. The topological polar surface area (TPSA) is 161 Å². The third kappa shape index (κ3) is 8.70. The van der Waals surface area contributed by atoms with Gasteiger partial charge in [0.25, 0.3) is 5.89 Å². The van der Waals surface area contributed by atoms with Gasteiger partial charge in [-0.05, 0) is 24.1 Å². The summed E-state index contributed by atoms with van der Waals surface area (Å²) in [6.07, 6.45) is 1.58. The monoisotopic (exact) mass is 597 g/mol. The number of rotatable bonds is 13. The number of unbranched alkanes of at least 4 members (excludes halogenated alkanes) is 1. The minimum atomic E-state index is -3.85. The van der Waals surface area contributed by atoms with Gasteiger partial charge in [-0.2, -0.15) is 0 Å². The first kappa shape index (κ1) is 30.8.